The standard InChI is InChI=1S/C10H10F3NO2/c1-16-8(15)4-7(14)9-5(11)2-3-6(12)10(9)13/h2-3,7H,4,14H2,1H3/t7-/m1/s1. The molecule has 0 fully saturated rings. The number of hydrogen-bond donors (Lipinski definition) is 1. The lowest BCUT2D eigenvalue weighted by Crippen LogP contribution is -2.19. The minimum Gasteiger partial charge on any atom is -0.469 e. The number of ether oxygens (including phenoxy) is 1. The normalized spacial score (nSPS) is 12.3. The first-order valence-corrected chi connectivity index (χ1v) is 4.43. The first kappa shape index (κ1) is 12.5. The molecule has 0 saturated carbocycles. The molecule has 0 amide bonds. The first-order chi connectivity index (χ1) is 7.47. The third kappa shape index (κ3) is 2.52. The first-order valence-electron chi connectivity index (χ1n) is 4.43. The number of rotatable bonds is 3. The van der Waals surface area contributed by atoms with Crippen LogP contribution in [0.5, 0.6) is 0 Å². The van der Waals surface area contributed by atoms with Crippen LogP contribution in [0.3, 0.4) is 0 Å². The quantitative estimate of drug-likeness (QED) is 0.638. The molecule has 1 rings (SSSR count). The molecule has 0 aliphatic heterocycles. The van der Waals surface area contributed by atoms with Crippen molar-refractivity contribution in [2.24, 2.45) is 5.73 Å². The summed E-state index contributed by atoms with van der Waals surface area (Å²) in [5.41, 5.74) is 4.75. The zero-order valence-corrected chi connectivity index (χ0v) is 8.47. The van der Waals surface area contributed by atoms with Gasteiger partial charge in [-0.2, -0.15) is 0 Å². The van der Waals surface area contributed by atoms with E-state index in [1.54, 1.807) is 0 Å². The maximum absolute atomic E-state index is 13.2. The smallest absolute Gasteiger partial charge is 0.307 e. The van der Waals surface area contributed by atoms with Crippen molar-refractivity contribution in [2.45, 2.75) is 12.5 Å². The van der Waals surface area contributed by atoms with Gasteiger partial charge in [-0.25, -0.2) is 13.2 Å². The van der Waals surface area contributed by atoms with Gasteiger partial charge in [-0.05, 0) is 12.1 Å². The van der Waals surface area contributed by atoms with Crippen molar-refractivity contribution in [3.63, 3.8) is 0 Å². The second-order valence-corrected chi connectivity index (χ2v) is 3.14. The molecule has 0 saturated heterocycles. The highest BCUT2D eigenvalue weighted by Gasteiger charge is 2.22. The molecule has 1 atom stereocenters. The zero-order valence-electron chi connectivity index (χ0n) is 8.47. The van der Waals surface area contributed by atoms with Gasteiger partial charge in [-0.1, -0.05) is 0 Å². The van der Waals surface area contributed by atoms with E-state index < -0.39 is 41.4 Å². The maximum Gasteiger partial charge on any atom is 0.307 e. The summed E-state index contributed by atoms with van der Waals surface area (Å²) in [4.78, 5) is 10.9. The van der Waals surface area contributed by atoms with Gasteiger partial charge in [0.05, 0.1) is 13.5 Å². The summed E-state index contributed by atoms with van der Waals surface area (Å²) in [6, 6.07) is 0.132. The lowest BCUT2D eigenvalue weighted by molar-refractivity contribution is -0.141. The Morgan fingerprint density at radius 3 is 2.50 bits per heavy atom. The van der Waals surface area contributed by atoms with Crippen molar-refractivity contribution in [3.8, 4) is 0 Å². The fraction of sp³-hybridized carbons (Fsp3) is 0.300. The average Bonchev–Trinajstić information content (AvgIpc) is 2.24. The second kappa shape index (κ2) is 4.98. The summed E-state index contributed by atoms with van der Waals surface area (Å²) in [7, 11) is 1.12. The Morgan fingerprint density at radius 1 is 1.38 bits per heavy atom. The van der Waals surface area contributed by atoms with Crippen LogP contribution in [0.15, 0.2) is 12.1 Å². The van der Waals surface area contributed by atoms with E-state index in [2.05, 4.69) is 4.74 Å². The lowest BCUT2D eigenvalue weighted by Gasteiger charge is -2.12. The highest BCUT2D eigenvalue weighted by Crippen LogP contribution is 2.23. The third-order valence-corrected chi connectivity index (χ3v) is 2.06. The molecule has 0 unspecified atom stereocenters. The highest BCUT2D eigenvalue weighted by molar-refractivity contribution is 5.70. The number of hydrogen-bond acceptors (Lipinski definition) is 3. The van der Waals surface area contributed by atoms with E-state index >= 15 is 0 Å². The monoisotopic (exact) mass is 233 g/mol. The van der Waals surface area contributed by atoms with Crippen LogP contribution in [0.1, 0.15) is 18.0 Å². The molecule has 3 nitrogen and oxygen atoms in total. The molecule has 16 heavy (non-hydrogen) atoms. The number of carbonyl (C=O) groups is 1. The van der Waals surface area contributed by atoms with E-state index in [4.69, 9.17) is 5.73 Å². The molecular formula is C10H10F3NO2. The zero-order chi connectivity index (χ0) is 12.3. The van der Waals surface area contributed by atoms with Gasteiger partial charge in [0.2, 0.25) is 0 Å². The fourth-order valence-electron chi connectivity index (χ4n) is 1.25. The van der Waals surface area contributed by atoms with E-state index in [0.717, 1.165) is 13.2 Å². The summed E-state index contributed by atoms with van der Waals surface area (Å²) < 4.78 is 43.5. The summed E-state index contributed by atoms with van der Waals surface area (Å²) in [5, 5.41) is 0. The average molecular weight is 233 g/mol. The van der Waals surface area contributed by atoms with Crippen molar-refractivity contribution in [3.05, 3.63) is 35.1 Å². The Hall–Kier alpha value is -1.56. The third-order valence-electron chi connectivity index (χ3n) is 2.06. The molecule has 2 N–H and O–H groups in total. The highest BCUT2D eigenvalue weighted by atomic mass is 19.2. The Bertz CT molecular complexity index is 409. The predicted molar refractivity (Wildman–Crippen MR) is 49.9 cm³/mol. The summed E-state index contributed by atoms with van der Waals surface area (Å²) in [6.45, 7) is 0. The Kier molecular flexibility index (Phi) is 3.89. The van der Waals surface area contributed by atoms with Gasteiger partial charge in [0.25, 0.3) is 0 Å². The van der Waals surface area contributed by atoms with Crippen molar-refractivity contribution < 1.29 is 22.7 Å². The molecule has 0 radical (unpaired) electrons. The molecule has 0 heterocycles. The molecule has 1 aromatic rings. The summed E-state index contributed by atoms with van der Waals surface area (Å²) in [6.07, 6.45) is -0.423. The van der Waals surface area contributed by atoms with Crippen molar-refractivity contribution in [2.75, 3.05) is 7.11 Å². The van der Waals surface area contributed by atoms with Gasteiger partial charge >= 0.3 is 5.97 Å². The van der Waals surface area contributed by atoms with Crippen LogP contribution in [0.2, 0.25) is 0 Å². The number of esters is 1. The number of benzene rings is 1. The van der Waals surface area contributed by atoms with E-state index in [0.29, 0.717) is 6.07 Å². The van der Waals surface area contributed by atoms with E-state index in [1.807, 2.05) is 0 Å². The minimum absolute atomic E-state index is 0.423. The van der Waals surface area contributed by atoms with Crippen LogP contribution in [-0.4, -0.2) is 13.1 Å². The minimum atomic E-state index is -1.38. The van der Waals surface area contributed by atoms with Gasteiger partial charge in [0.1, 0.15) is 5.82 Å². The SMILES string of the molecule is COC(=O)C[C@@H](N)c1c(F)ccc(F)c1F. The maximum atomic E-state index is 13.2. The van der Waals surface area contributed by atoms with Crippen LogP contribution in [0.4, 0.5) is 13.2 Å². The molecule has 6 heteroatoms. The number of halogens is 3. The summed E-state index contributed by atoms with van der Waals surface area (Å²) in [5.74, 6) is -4.31. The molecule has 0 aliphatic rings. The number of methoxy groups -OCH3 is 1. The van der Waals surface area contributed by atoms with E-state index in [1.165, 1.54) is 0 Å². The van der Waals surface area contributed by atoms with Gasteiger partial charge in [-0.15, -0.1) is 0 Å². The van der Waals surface area contributed by atoms with Gasteiger partial charge in [0, 0.05) is 11.6 Å². The molecule has 88 valence electrons. The molecule has 0 aliphatic carbocycles. The molecule has 0 bridgehead atoms. The topological polar surface area (TPSA) is 52.3 Å². The van der Waals surface area contributed by atoms with Crippen LogP contribution in [0, 0.1) is 17.5 Å². The molecule has 0 spiro atoms. The van der Waals surface area contributed by atoms with Crippen LogP contribution >= 0.6 is 0 Å². The number of nitrogens with two attached hydrogens (primary N) is 1. The van der Waals surface area contributed by atoms with Crippen molar-refractivity contribution >= 4 is 5.97 Å². The fourth-order valence-corrected chi connectivity index (χ4v) is 1.25. The Morgan fingerprint density at radius 2 is 1.94 bits per heavy atom. The lowest BCUT2D eigenvalue weighted by atomic mass is 10.0. The molecule has 1 aromatic carbocycles. The Labute approximate surface area is 90.0 Å². The van der Waals surface area contributed by atoms with Crippen LogP contribution in [0.25, 0.3) is 0 Å². The summed E-state index contributed by atoms with van der Waals surface area (Å²) >= 11 is 0. The van der Waals surface area contributed by atoms with Crippen molar-refractivity contribution in [1.82, 2.24) is 0 Å². The largest absolute Gasteiger partial charge is 0.469 e. The predicted octanol–water partition coefficient (Wildman–Crippen LogP) is 1.67. The Balaban J connectivity index is 3.03. The van der Waals surface area contributed by atoms with E-state index in [-0.39, 0.29) is 0 Å². The van der Waals surface area contributed by atoms with Gasteiger partial charge in [0.15, 0.2) is 11.6 Å². The number of carbonyl (C=O) groups excluding carboxylic acids is 1. The second-order valence-electron chi connectivity index (χ2n) is 3.14. The van der Waals surface area contributed by atoms with Gasteiger partial charge in [-0.3, -0.25) is 4.79 Å². The van der Waals surface area contributed by atoms with Crippen LogP contribution in [-0.2, 0) is 9.53 Å². The molecule has 0 aromatic heterocycles. The van der Waals surface area contributed by atoms with Crippen LogP contribution < -0.4 is 5.73 Å². The van der Waals surface area contributed by atoms with E-state index in [9.17, 15) is 18.0 Å². The van der Waals surface area contributed by atoms with Gasteiger partial charge < -0.3 is 10.5 Å². The molecular weight excluding hydrogens is 223 g/mol. The van der Waals surface area contributed by atoms with Crippen molar-refractivity contribution in [1.29, 1.82) is 0 Å².